The molecule has 6 rings (SSSR count). The van der Waals surface area contributed by atoms with Gasteiger partial charge in [0.2, 0.25) is 11.5 Å². The lowest BCUT2D eigenvalue weighted by molar-refractivity contribution is 0.0601. The maximum atomic E-state index is 12.7. The van der Waals surface area contributed by atoms with Gasteiger partial charge in [-0.05, 0) is 18.1 Å². The summed E-state index contributed by atoms with van der Waals surface area (Å²) in [5, 5.41) is 66.8. The number of aromatic hydroxyl groups is 6. The highest BCUT2D eigenvalue weighted by molar-refractivity contribution is 6.14. The summed E-state index contributed by atoms with van der Waals surface area (Å²) in [6.45, 7) is 2.10. The first-order valence-electron chi connectivity index (χ1n) is 12.1. The monoisotopic (exact) mass is 521 g/mol. The van der Waals surface area contributed by atoms with Crippen LogP contribution in [0.1, 0.15) is 23.2 Å². The van der Waals surface area contributed by atoms with Crippen LogP contribution in [0.3, 0.4) is 0 Å². The zero-order chi connectivity index (χ0) is 26.9. The fourth-order valence-corrected chi connectivity index (χ4v) is 5.18. The highest BCUT2D eigenvalue weighted by atomic mass is 16.5. The molecular formula is C27H25N2O9+. The van der Waals surface area contributed by atoms with Crippen LogP contribution in [0.15, 0.2) is 28.7 Å². The van der Waals surface area contributed by atoms with Crippen LogP contribution in [0.2, 0.25) is 0 Å². The zero-order valence-electron chi connectivity index (χ0n) is 20.4. The fraction of sp³-hybridized carbons (Fsp3) is 0.259. The van der Waals surface area contributed by atoms with Gasteiger partial charge in [0.15, 0.2) is 34.3 Å². The van der Waals surface area contributed by atoms with Gasteiger partial charge in [-0.2, -0.15) is 0 Å². The van der Waals surface area contributed by atoms with Crippen LogP contribution in [0.5, 0.6) is 34.5 Å². The summed E-state index contributed by atoms with van der Waals surface area (Å²) in [6, 6.07) is 6.15. The molecule has 2 aromatic carbocycles. The summed E-state index contributed by atoms with van der Waals surface area (Å²) in [7, 11) is 1.19. The van der Waals surface area contributed by atoms with E-state index in [1.165, 1.54) is 19.2 Å². The van der Waals surface area contributed by atoms with Crippen LogP contribution < -0.4 is 14.8 Å². The number of fused-ring (bicyclic) bond motifs is 2. The number of hydrogen-bond donors (Lipinski definition) is 6. The van der Waals surface area contributed by atoms with Crippen molar-refractivity contribution >= 4 is 22.6 Å². The SMILES string of the molecule is COC(=O)c1ccccc1-c1c2c(O)c(O)c(=[N+]3CCC3)c(O)c-2oc2c(O)c(N3CCC3)c(O)c(O)c12. The van der Waals surface area contributed by atoms with Crippen molar-refractivity contribution in [2.75, 3.05) is 38.2 Å². The van der Waals surface area contributed by atoms with E-state index in [0.29, 0.717) is 26.2 Å². The third kappa shape index (κ3) is 3.07. The Kier molecular flexibility index (Phi) is 5.20. The summed E-state index contributed by atoms with van der Waals surface area (Å²) in [5.41, 5.74) is -0.486. The molecule has 0 unspecified atom stereocenters. The molecule has 0 bridgehead atoms. The Labute approximate surface area is 215 Å². The average molecular weight is 522 g/mol. The molecule has 11 heteroatoms. The number of methoxy groups -OCH3 is 1. The molecule has 6 N–H and O–H groups in total. The lowest BCUT2D eigenvalue weighted by Gasteiger charge is -2.34. The number of esters is 1. The van der Waals surface area contributed by atoms with Crippen LogP contribution in [0, 0.1) is 0 Å². The van der Waals surface area contributed by atoms with E-state index in [0.717, 1.165) is 12.8 Å². The molecule has 2 saturated heterocycles. The molecule has 4 aliphatic rings. The summed E-state index contributed by atoms with van der Waals surface area (Å²) in [5.74, 6) is -4.61. The number of nitrogens with zero attached hydrogens (tertiary/aromatic N) is 2. The second-order valence-corrected chi connectivity index (χ2v) is 9.39. The van der Waals surface area contributed by atoms with Gasteiger partial charge in [0, 0.05) is 18.7 Å². The van der Waals surface area contributed by atoms with Crippen molar-refractivity contribution in [3.05, 3.63) is 35.2 Å². The first kappa shape index (κ1) is 23.6. The van der Waals surface area contributed by atoms with Crippen LogP contribution in [0.25, 0.3) is 33.4 Å². The van der Waals surface area contributed by atoms with Gasteiger partial charge in [-0.15, -0.1) is 0 Å². The molecule has 0 atom stereocenters. The zero-order valence-corrected chi connectivity index (χ0v) is 20.4. The van der Waals surface area contributed by atoms with Gasteiger partial charge in [-0.3, -0.25) is 0 Å². The molecule has 0 amide bonds. The molecule has 0 radical (unpaired) electrons. The number of phenolic OH excluding ortho intramolecular Hbond substituents is 6. The van der Waals surface area contributed by atoms with Crippen molar-refractivity contribution in [3.8, 4) is 56.9 Å². The van der Waals surface area contributed by atoms with E-state index in [1.54, 1.807) is 21.6 Å². The van der Waals surface area contributed by atoms with Gasteiger partial charge >= 0.3 is 5.97 Å². The maximum Gasteiger partial charge on any atom is 0.338 e. The number of rotatable bonds is 3. The number of benzene rings is 3. The van der Waals surface area contributed by atoms with Crippen molar-refractivity contribution in [1.82, 2.24) is 4.58 Å². The number of ether oxygens (including phenoxy) is 1. The predicted molar refractivity (Wildman–Crippen MR) is 136 cm³/mol. The Bertz CT molecular complexity index is 1700. The third-order valence-corrected chi connectivity index (χ3v) is 7.35. The van der Waals surface area contributed by atoms with E-state index in [2.05, 4.69) is 0 Å². The van der Waals surface area contributed by atoms with Crippen molar-refractivity contribution in [2.24, 2.45) is 0 Å². The minimum atomic E-state index is -0.738. The largest absolute Gasteiger partial charge is 0.504 e. The van der Waals surface area contributed by atoms with E-state index >= 15 is 0 Å². The van der Waals surface area contributed by atoms with E-state index in [1.807, 2.05) is 0 Å². The van der Waals surface area contributed by atoms with E-state index in [4.69, 9.17) is 9.15 Å². The normalized spacial score (nSPS) is 15.0. The Balaban J connectivity index is 1.88. The van der Waals surface area contributed by atoms with Gasteiger partial charge < -0.3 is 44.7 Å². The second-order valence-electron chi connectivity index (χ2n) is 9.39. The van der Waals surface area contributed by atoms with E-state index in [9.17, 15) is 35.4 Å². The summed E-state index contributed by atoms with van der Waals surface area (Å²) >= 11 is 0. The maximum absolute atomic E-state index is 12.7. The molecule has 2 aromatic rings. The Morgan fingerprint density at radius 3 is 2.18 bits per heavy atom. The van der Waals surface area contributed by atoms with Gasteiger partial charge in [0.25, 0.3) is 5.36 Å². The number of carbonyl (C=O) groups excluding carboxylic acids is 1. The molecule has 3 heterocycles. The number of carbonyl (C=O) groups is 1. The summed E-state index contributed by atoms with van der Waals surface area (Å²) < 4.78 is 12.6. The molecule has 38 heavy (non-hydrogen) atoms. The highest BCUT2D eigenvalue weighted by Crippen LogP contribution is 2.58. The molecule has 2 fully saturated rings. The molecule has 1 aliphatic carbocycles. The van der Waals surface area contributed by atoms with Gasteiger partial charge in [-0.1, -0.05) is 18.2 Å². The van der Waals surface area contributed by atoms with Crippen molar-refractivity contribution in [2.45, 2.75) is 12.8 Å². The van der Waals surface area contributed by atoms with Gasteiger partial charge in [0.1, 0.15) is 18.8 Å². The number of anilines is 1. The van der Waals surface area contributed by atoms with Gasteiger partial charge in [-0.25, -0.2) is 9.37 Å². The van der Waals surface area contributed by atoms with Crippen LogP contribution in [-0.4, -0.2) is 69.9 Å². The first-order chi connectivity index (χ1) is 18.3. The summed E-state index contributed by atoms with van der Waals surface area (Å²) in [4.78, 5) is 14.4. The molecule has 0 spiro atoms. The molecule has 0 saturated carbocycles. The lowest BCUT2D eigenvalue weighted by atomic mass is 9.88. The summed E-state index contributed by atoms with van der Waals surface area (Å²) in [6.07, 6.45) is 1.63. The van der Waals surface area contributed by atoms with Gasteiger partial charge in [0.05, 0.1) is 30.0 Å². The van der Waals surface area contributed by atoms with E-state index < -0.39 is 40.5 Å². The van der Waals surface area contributed by atoms with Crippen LogP contribution in [0.4, 0.5) is 5.69 Å². The third-order valence-electron chi connectivity index (χ3n) is 7.35. The van der Waals surface area contributed by atoms with Crippen LogP contribution in [-0.2, 0) is 4.74 Å². The second kappa shape index (κ2) is 8.37. The minimum Gasteiger partial charge on any atom is -0.504 e. The lowest BCUT2D eigenvalue weighted by Crippen LogP contribution is -2.41. The van der Waals surface area contributed by atoms with Crippen LogP contribution >= 0.6 is 0 Å². The minimum absolute atomic E-state index is 0.0270. The predicted octanol–water partition coefficient (Wildman–Crippen LogP) is 2.61. The average Bonchev–Trinajstić information content (AvgIpc) is 2.87. The Morgan fingerprint density at radius 1 is 0.868 bits per heavy atom. The van der Waals surface area contributed by atoms with Crippen molar-refractivity contribution in [3.63, 3.8) is 0 Å². The molecular weight excluding hydrogens is 496 g/mol. The topological polar surface area (TPSA) is 167 Å². The standard InChI is InChI=1S/C27H24N2O9/c1-37-27(36)13-7-3-2-6-12(13)14-15-19(30)21(32)17(28-8-4-9-28)23(34)25(15)38-26-16(14)20(31)22(33)18(24(26)35)29-10-5-11-29/h2-3,6-7H,4-5,8-11H2,1H3,(H5,30,31,32,33,34,35,36)/p+1. The number of phenols is 6. The molecule has 0 aromatic heterocycles. The Morgan fingerprint density at radius 2 is 1.58 bits per heavy atom. The molecule has 3 aliphatic heterocycles. The Hall–Kier alpha value is -4.80. The molecule has 196 valence electrons. The highest BCUT2D eigenvalue weighted by Gasteiger charge is 2.38. The fourth-order valence-electron chi connectivity index (χ4n) is 5.18. The van der Waals surface area contributed by atoms with E-state index in [-0.39, 0.29) is 50.0 Å². The number of hydrogen-bond acceptors (Lipinski definition) is 10. The van der Waals surface area contributed by atoms with Crippen molar-refractivity contribution in [1.29, 1.82) is 0 Å². The quantitative estimate of drug-likeness (QED) is 0.0775. The first-order valence-corrected chi connectivity index (χ1v) is 12.1. The smallest absolute Gasteiger partial charge is 0.338 e. The van der Waals surface area contributed by atoms with Crippen molar-refractivity contribution < 1.29 is 44.6 Å². The molecule has 11 nitrogen and oxygen atoms in total.